The van der Waals surface area contributed by atoms with Crippen LogP contribution in [-0.4, -0.2) is 22.4 Å². The molecule has 0 spiro atoms. The predicted octanol–water partition coefficient (Wildman–Crippen LogP) is 2.85. The molecular formula is C15H13NO2S. The summed E-state index contributed by atoms with van der Waals surface area (Å²) in [6.45, 7) is 0. The molecule has 4 heteroatoms. The average Bonchev–Trinajstić information content (AvgIpc) is 2.48. The van der Waals surface area contributed by atoms with E-state index < -0.39 is 6.10 Å². The highest BCUT2D eigenvalue weighted by atomic mass is 32.1. The molecule has 2 rings (SSSR count). The summed E-state index contributed by atoms with van der Waals surface area (Å²) in [6.07, 6.45) is 1.75. The molecule has 2 aromatic rings. The zero-order chi connectivity index (χ0) is 13.5. The topological polar surface area (TPSA) is 39.2 Å². The fourth-order valence-electron chi connectivity index (χ4n) is 1.62. The minimum Gasteiger partial charge on any atom is -0.453 e. The van der Waals surface area contributed by atoms with Gasteiger partial charge in [-0.15, -0.1) is 0 Å². The molecule has 0 aliphatic carbocycles. The van der Waals surface area contributed by atoms with Crippen LogP contribution >= 0.6 is 12.2 Å². The summed E-state index contributed by atoms with van der Waals surface area (Å²) in [4.78, 5) is 16.1. The molecule has 3 nitrogen and oxygen atoms in total. The lowest BCUT2D eigenvalue weighted by molar-refractivity contribution is 0.0435. The summed E-state index contributed by atoms with van der Waals surface area (Å²) >= 11 is 4.91. The van der Waals surface area contributed by atoms with Crippen molar-refractivity contribution in [1.82, 2.24) is 4.98 Å². The van der Waals surface area contributed by atoms with Crippen LogP contribution in [0.1, 0.15) is 16.1 Å². The van der Waals surface area contributed by atoms with Crippen molar-refractivity contribution < 1.29 is 9.53 Å². The molecule has 0 N–H and O–H groups in total. The minimum atomic E-state index is -0.447. The number of rotatable bonds is 5. The van der Waals surface area contributed by atoms with Gasteiger partial charge in [0.2, 0.25) is 0 Å². The number of ether oxygens (including phenoxy) is 1. The number of benzene rings is 1. The lowest BCUT2D eigenvalue weighted by atomic mass is 10.2. The van der Waals surface area contributed by atoms with Gasteiger partial charge in [0.25, 0.3) is 0 Å². The third-order valence-electron chi connectivity index (χ3n) is 2.56. The summed E-state index contributed by atoms with van der Waals surface area (Å²) < 4.78 is 5.35. The Bertz CT molecular complexity index is 543. The normalized spacial score (nSPS) is 11.6. The Hall–Kier alpha value is -2.07. The highest BCUT2D eigenvalue weighted by Crippen LogP contribution is 2.07. The molecule has 0 radical (unpaired) electrons. The van der Waals surface area contributed by atoms with E-state index in [0.717, 1.165) is 5.69 Å². The fourth-order valence-corrected chi connectivity index (χ4v) is 1.77. The molecule has 96 valence electrons. The fraction of sp³-hybridized carbons (Fsp3) is 0.133. The first-order chi connectivity index (χ1) is 9.29. The summed E-state index contributed by atoms with van der Waals surface area (Å²) in [5.41, 5.74) is 1.36. The van der Waals surface area contributed by atoms with Crippen molar-refractivity contribution in [3.63, 3.8) is 0 Å². The Morgan fingerprint density at radius 1 is 1.21 bits per heavy atom. The van der Waals surface area contributed by atoms with Crippen molar-refractivity contribution in [3.8, 4) is 0 Å². The summed E-state index contributed by atoms with van der Waals surface area (Å²) in [5.74, 6) is -0.373. The maximum absolute atomic E-state index is 11.9. The molecule has 0 aliphatic heterocycles. The summed E-state index contributed by atoms with van der Waals surface area (Å²) in [5, 5.41) is 1.45. The van der Waals surface area contributed by atoms with Crippen LogP contribution in [0.5, 0.6) is 0 Å². The Morgan fingerprint density at radius 2 is 1.95 bits per heavy atom. The Morgan fingerprint density at radius 3 is 2.58 bits per heavy atom. The van der Waals surface area contributed by atoms with Crippen LogP contribution in [0.2, 0.25) is 0 Å². The zero-order valence-corrected chi connectivity index (χ0v) is 11.0. The van der Waals surface area contributed by atoms with Gasteiger partial charge in [0.1, 0.15) is 6.10 Å². The number of hydrogen-bond donors (Lipinski definition) is 0. The molecule has 0 amide bonds. The molecule has 0 saturated carbocycles. The van der Waals surface area contributed by atoms with Crippen LogP contribution in [0.15, 0.2) is 54.7 Å². The van der Waals surface area contributed by atoms with Gasteiger partial charge in [0.15, 0.2) is 0 Å². The van der Waals surface area contributed by atoms with Gasteiger partial charge in [0, 0.05) is 23.7 Å². The number of carbonyl (C=O) groups is 1. The smallest absolute Gasteiger partial charge is 0.338 e. The van der Waals surface area contributed by atoms with Gasteiger partial charge in [-0.1, -0.05) is 36.5 Å². The monoisotopic (exact) mass is 271 g/mol. The third-order valence-corrected chi connectivity index (χ3v) is 2.86. The number of hydrogen-bond acceptors (Lipinski definition) is 4. The van der Waals surface area contributed by atoms with Gasteiger partial charge in [-0.25, -0.2) is 4.79 Å². The van der Waals surface area contributed by atoms with Crippen LogP contribution in [0.3, 0.4) is 0 Å². The lowest BCUT2D eigenvalue weighted by Gasteiger charge is -2.12. The quantitative estimate of drug-likeness (QED) is 0.619. The van der Waals surface area contributed by atoms with Gasteiger partial charge in [-0.05, 0) is 24.3 Å². The molecule has 0 aliphatic rings. The standard InChI is InChI=1S/C15H13NO2S/c17-15(12-6-2-1-3-7-12)18-14(11-19)10-13-8-4-5-9-16-13/h1-9,11,14H,10H2. The van der Waals surface area contributed by atoms with E-state index in [4.69, 9.17) is 17.0 Å². The third kappa shape index (κ3) is 3.96. The second-order valence-electron chi connectivity index (χ2n) is 3.97. The van der Waals surface area contributed by atoms with E-state index in [0.29, 0.717) is 12.0 Å². The molecule has 19 heavy (non-hydrogen) atoms. The van der Waals surface area contributed by atoms with Gasteiger partial charge in [-0.2, -0.15) is 0 Å². The maximum Gasteiger partial charge on any atom is 0.338 e. The Labute approximate surface area is 117 Å². The van der Waals surface area contributed by atoms with Crippen molar-refractivity contribution in [2.24, 2.45) is 0 Å². The maximum atomic E-state index is 11.9. The first kappa shape index (κ1) is 13.4. The number of thiocarbonyl (C=S) groups is 1. The summed E-state index contributed by atoms with van der Waals surface area (Å²) in [7, 11) is 0. The molecule has 1 heterocycles. The average molecular weight is 271 g/mol. The van der Waals surface area contributed by atoms with Crippen molar-refractivity contribution >= 4 is 23.6 Å². The first-order valence-electron chi connectivity index (χ1n) is 5.91. The number of esters is 1. The molecule has 1 aromatic carbocycles. The van der Waals surface area contributed by atoms with Gasteiger partial charge >= 0.3 is 5.97 Å². The van der Waals surface area contributed by atoms with E-state index in [1.807, 2.05) is 24.3 Å². The van der Waals surface area contributed by atoms with Crippen LogP contribution in [-0.2, 0) is 11.2 Å². The second kappa shape index (κ2) is 6.75. The summed E-state index contributed by atoms with van der Waals surface area (Å²) in [6, 6.07) is 14.5. The highest BCUT2D eigenvalue weighted by Gasteiger charge is 2.14. The molecule has 1 atom stereocenters. The van der Waals surface area contributed by atoms with Crippen LogP contribution < -0.4 is 0 Å². The Balaban J connectivity index is 2.00. The molecule has 0 fully saturated rings. The zero-order valence-electron chi connectivity index (χ0n) is 10.2. The van der Waals surface area contributed by atoms with Crippen molar-refractivity contribution in [3.05, 3.63) is 66.0 Å². The number of aromatic nitrogens is 1. The molecule has 0 saturated heterocycles. The van der Waals surface area contributed by atoms with Crippen LogP contribution in [0.4, 0.5) is 0 Å². The SMILES string of the molecule is O=C(OC(C=S)Cc1ccccn1)c1ccccc1. The van der Waals surface area contributed by atoms with Crippen LogP contribution in [0, 0.1) is 0 Å². The van der Waals surface area contributed by atoms with E-state index in [9.17, 15) is 4.79 Å². The molecule has 1 unspecified atom stereocenters. The minimum absolute atomic E-state index is 0.373. The van der Waals surface area contributed by atoms with E-state index in [2.05, 4.69) is 4.98 Å². The van der Waals surface area contributed by atoms with E-state index in [1.165, 1.54) is 5.37 Å². The van der Waals surface area contributed by atoms with Gasteiger partial charge in [-0.3, -0.25) is 4.98 Å². The molecule has 0 bridgehead atoms. The van der Waals surface area contributed by atoms with Gasteiger partial charge < -0.3 is 4.74 Å². The number of pyridine rings is 1. The van der Waals surface area contributed by atoms with Crippen LogP contribution in [0.25, 0.3) is 0 Å². The second-order valence-corrected chi connectivity index (χ2v) is 4.24. The van der Waals surface area contributed by atoms with E-state index in [-0.39, 0.29) is 5.97 Å². The Kier molecular flexibility index (Phi) is 4.75. The van der Waals surface area contributed by atoms with Crippen molar-refractivity contribution in [2.75, 3.05) is 0 Å². The van der Waals surface area contributed by atoms with E-state index in [1.54, 1.807) is 30.5 Å². The van der Waals surface area contributed by atoms with Crippen molar-refractivity contribution in [1.29, 1.82) is 0 Å². The van der Waals surface area contributed by atoms with Gasteiger partial charge in [0.05, 0.1) is 5.56 Å². The van der Waals surface area contributed by atoms with E-state index >= 15 is 0 Å². The highest BCUT2D eigenvalue weighted by molar-refractivity contribution is 7.79. The molecular weight excluding hydrogens is 258 g/mol. The lowest BCUT2D eigenvalue weighted by Crippen LogP contribution is -2.21. The predicted molar refractivity (Wildman–Crippen MR) is 77.2 cm³/mol. The first-order valence-corrected chi connectivity index (χ1v) is 6.38. The number of carbonyl (C=O) groups excluding carboxylic acids is 1. The number of nitrogens with zero attached hydrogens (tertiary/aromatic N) is 1. The molecule has 1 aromatic heterocycles. The van der Waals surface area contributed by atoms with Crippen molar-refractivity contribution in [2.45, 2.75) is 12.5 Å². The largest absolute Gasteiger partial charge is 0.453 e.